The van der Waals surface area contributed by atoms with Crippen LogP contribution in [0.4, 0.5) is 0 Å². The van der Waals surface area contributed by atoms with Crippen molar-refractivity contribution in [2.75, 3.05) is 0 Å². The summed E-state index contributed by atoms with van der Waals surface area (Å²) in [5.74, 6) is 8.43. The van der Waals surface area contributed by atoms with Crippen molar-refractivity contribution in [3.8, 4) is 34.9 Å². The van der Waals surface area contributed by atoms with E-state index in [0.717, 1.165) is 34.9 Å². The average molecular weight is 1290 g/mol. The van der Waals surface area contributed by atoms with E-state index < -0.39 is 0 Å². The molecule has 0 unspecified atom stereocenters. The molecule has 21 rings (SSSR count). The molecule has 0 amide bonds. The van der Waals surface area contributed by atoms with Crippen LogP contribution in [-0.4, -0.2) is 88.6 Å². The summed E-state index contributed by atoms with van der Waals surface area (Å²) in [5, 5.41) is 30.3. The van der Waals surface area contributed by atoms with E-state index in [2.05, 4.69) is 192 Å². The van der Waals surface area contributed by atoms with Crippen molar-refractivity contribution in [3.63, 3.8) is 0 Å². The predicted octanol–water partition coefficient (Wildman–Crippen LogP) is 15.6. The van der Waals surface area contributed by atoms with Gasteiger partial charge in [0, 0.05) is 87.9 Å². The molecule has 0 saturated heterocycles. The first-order valence-electron chi connectivity index (χ1n) is 36.3. The van der Waals surface area contributed by atoms with E-state index in [9.17, 15) is 0 Å². The first kappa shape index (κ1) is 59.7. The zero-order valence-electron chi connectivity index (χ0n) is 59.9. The van der Waals surface area contributed by atoms with E-state index in [-0.39, 0.29) is 65.0 Å². The van der Waals surface area contributed by atoms with Crippen LogP contribution in [0, 0.1) is 32.5 Å². The summed E-state index contributed by atoms with van der Waals surface area (Å²) in [6.45, 7) is 43.2. The van der Waals surface area contributed by atoms with Gasteiger partial charge in [0.05, 0.1) is 34.2 Å². The third-order valence-corrected chi connectivity index (χ3v) is 32.5. The summed E-state index contributed by atoms with van der Waals surface area (Å²) in [6, 6.07) is 6.07. The molecule has 18 nitrogen and oxygen atoms in total. The van der Waals surface area contributed by atoms with Crippen LogP contribution in [-0.2, 0) is 32.5 Å². The maximum absolute atomic E-state index is 5.06. The van der Waals surface area contributed by atoms with Crippen molar-refractivity contribution in [1.82, 2.24) is 88.6 Å². The fraction of sp³-hybridized carbons (Fsp3) is 0.615. The van der Waals surface area contributed by atoms with Crippen LogP contribution in [0.15, 0.2) is 74.4 Å². The van der Waals surface area contributed by atoms with Crippen molar-refractivity contribution >= 4 is 0 Å². The molecule has 6 fully saturated rings. The molecule has 12 bridgehead atoms. The molecule has 9 aromatic rings. The summed E-state index contributed by atoms with van der Waals surface area (Å²) in [4.78, 5) is 27.4. The summed E-state index contributed by atoms with van der Waals surface area (Å²) in [6.07, 6.45) is 33.1. The fourth-order valence-electron chi connectivity index (χ4n) is 23.7. The van der Waals surface area contributed by atoms with Crippen molar-refractivity contribution in [1.29, 1.82) is 0 Å². The Morgan fingerprint density at radius 1 is 0.240 bits per heavy atom. The van der Waals surface area contributed by atoms with Crippen LogP contribution in [0.25, 0.3) is 34.9 Å². The Morgan fingerprint density at radius 3 is 0.521 bits per heavy atom. The van der Waals surface area contributed by atoms with Gasteiger partial charge in [0.15, 0.2) is 34.9 Å². The van der Waals surface area contributed by atoms with Crippen LogP contribution < -0.4 is 0 Å². The second kappa shape index (κ2) is 18.0. The molecule has 0 aliphatic heterocycles. The molecule has 12 atom stereocenters. The van der Waals surface area contributed by atoms with Crippen LogP contribution in [0.1, 0.15) is 305 Å². The monoisotopic (exact) mass is 1280 g/mol. The van der Waals surface area contributed by atoms with Gasteiger partial charge >= 0.3 is 0 Å². The van der Waals surface area contributed by atoms with E-state index in [4.69, 9.17) is 30.6 Å². The average Bonchev–Trinajstić information content (AvgIpc) is 1.57. The van der Waals surface area contributed by atoms with Crippen molar-refractivity contribution in [2.24, 2.45) is 32.5 Å². The normalized spacial score (nSPS) is 34.8. The molecular formula is C78H96N18. The molecular weight excluding hydrogens is 1190 g/mol. The minimum Gasteiger partial charge on any atom is -0.222 e. The van der Waals surface area contributed by atoms with E-state index >= 15 is 0 Å². The standard InChI is InChI=1S/3C26H32N6/c3*1-23(2)17-7-9-25(23,5)21-15(17)12-31(29-21)19-11-20(28-14-27-19)32-13-16-18-8-10-26(6,22(16)30-32)24(18,3)4/h3*11-14,17-18H,7-10H2,1-6H3/t3*17-,18-,25+,26+/m111/s1. The number of hydrogen-bond donors (Lipinski definition) is 0. The summed E-state index contributed by atoms with van der Waals surface area (Å²) < 4.78 is 11.8. The quantitative estimate of drug-likeness (QED) is 0.154. The molecule has 9 heterocycles. The Labute approximate surface area is 564 Å². The summed E-state index contributed by atoms with van der Waals surface area (Å²) in [5.41, 5.74) is 18.6. The molecule has 0 radical (unpaired) electrons. The lowest BCUT2D eigenvalue weighted by atomic mass is 9.70. The largest absolute Gasteiger partial charge is 0.222 e. The highest BCUT2D eigenvalue weighted by molar-refractivity contribution is 5.53. The van der Waals surface area contributed by atoms with Gasteiger partial charge in [-0.3, -0.25) is 0 Å². The van der Waals surface area contributed by atoms with E-state index in [1.165, 1.54) is 145 Å². The summed E-state index contributed by atoms with van der Waals surface area (Å²) >= 11 is 0. The highest BCUT2D eigenvalue weighted by atomic mass is 15.4. The molecule has 6 saturated carbocycles. The van der Waals surface area contributed by atoms with Gasteiger partial charge in [0.25, 0.3) is 0 Å². The third kappa shape index (κ3) is 6.82. The first-order chi connectivity index (χ1) is 45.2. The maximum Gasteiger partial charge on any atom is 0.158 e. The van der Waals surface area contributed by atoms with Crippen molar-refractivity contribution in [2.45, 2.75) is 270 Å². The van der Waals surface area contributed by atoms with Crippen LogP contribution in [0.3, 0.4) is 0 Å². The molecule has 9 aromatic heterocycles. The Balaban J connectivity index is 0.000000102. The second-order valence-corrected chi connectivity index (χ2v) is 36.8. The van der Waals surface area contributed by atoms with Gasteiger partial charge in [-0.05, 0) is 178 Å². The molecule has 96 heavy (non-hydrogen) atoms. The van der Waals surface area contributed by atoms with Crippen molar-refractivity contribution < 1.29 is 0 Å². The zero-order chi connectivity index (χ0) is 66.8. The highest BCUT2D eigenvalue weighted by Gasteiger charge is 2.67. The number of hydrogen-bond acceptors (Lipinski definition) is 12. The lowest BCUT2D eigenvalue weighted by Gasteiger charge is -2.34. The fourth-order valence-corrected chi connectivity index (χ4v) is 23.7. The molecule has 0 spiro atoms. The first-order valence-corrected chi connectivity index (χ1v) is 36.3. The van der Waals surface area contributed by atoms with E-state index in [0.29, 0.717) is 35.5 Å². The Kier molecular flexibility index (Phi) is 11.2. The highest BCUT2D eigenvalue weighted by Crippen LogP contribution is 2.73. The van der Waals surface area contributed by atoms with Crippen molar-refractivity contribution in [3.05, 3.63) is 142 Å². The van der Waals surface area contributed by atoms with Gasteiger partial charge in [0.2, 0.25) is 0 Å². The minimum atomic E-state index is 0.151. The Morgan fingerprint density at radius 2 is 0.385 bits per heavy atom. The number of aromatic nitrogens is 18. The molecule has 498 valence electrons. The lowest BCUT2D eigenvalue weighted by Crippen LogP contribution is -2.32. The SMILES string of the molecule is CC1(C)[C@@H]2CC[C@@]1(C)c1nn(-c3cc(-n4cc5c(n4)[C@]4(C)CC[C@H]5C4(C)C)ncn3)cc12.CC1(C)[C@@H]2CC[C@@]1(C)c1nn(-c3cc(-n4cc5c(n4)[C@]4(C)CC[C@H]5C4(C)C)ncn3)cc12.CC1(C)[C@@H]2CC[C@@]1(C)c1nn(-c3cc(-n4cc5c(n4)[C@]4(C)CC[C@H]5C4(C)C)ncn3)cc12. The van der Waals surface area contributed by atoms with Gasteiger partial charge in [-0.25, -0.2) is 58.0 Å². The molecule has 0 aromatic carbocycles. The molecule has 12 aliphatic rings. The van der Waals surface area contributed by atoms with Crippen LogP contribution in [0.5, 0.6) is 0 Å². The van der Waals surface area contributed by atoms with Gasteiger partial charge in [-0.15, -0.1) is 0 Å². The lowest BCUT2D eigenvalue weighted by molar-refractivity contribution is 0.224. The van der Waals surface area contributed by atoms with Gasteiger partial charge in [-0.1, -0.05) is 125 Å². The summed E-state index contributed by atoms with van der Waals surface area (Å²) in [7, 11) is 0. The van der Waals surface area contributed by atoms with Crippen LogP contribution >= 0.6 is 0 Å². The number of nitrogens with zero attached hydrogens (tertiary/aromatic N) is 18. The van der Waals surface area contributed by atoms with E-state index in [1.807, 2.05) is 46.3 Å². The minimum absolute atomic E-state index is 0.151. The van der Waals surface area contributed by atoms with Gasteiger partial charge in [0.1, 0.15) is 19.0 Å². The molecule has 0 N–H and O–H groups in total. The van der Waals surface area contributed by atoms with Gasteiger partial charge < -0.3 is 0 Å². The zero-order valence-corrected chi connectivity index (χ0v) is 59.9. The Hall–Kier alpha value is -7.50. The number of rotatable bonds is 6. The Bertz CT molecular complexity index is 4080. The third-order valence-electron chi connectivity index (χ3n) is 32.5. The molecule has 18 heteroatoms. The van der Waals surface area contributed by atoms with E-state index in [1.54, 1.807) is 19.0 Å². The molecule has 12 aliphatic carbocycles. The predicted molar refractivity (Wildman–Crippen MR) is 367 cm³/mol. The van der Waals surface area contributed by atoms with Crippen LogP contribution in [0.2, 0.25) is 0 Å². The number of fused-ring (bicyclic) bond motifs is 30. The topological polar surface area (TPSA) is 184 Å². The second-order valence-electron chi connectivity index (χ2n) is 36.8. The smallest absolute Gasteiger partial charge is 0.158 e. The van der Waals surface area contributed by atoms with Gasteiger partial charge in [-0.2, -0.15) is 30.6 Å². The maximum atomic E-state index is 5.06.